The Balaban J connectivity index is 3.07. The summed E-state index contributed by atoms with van der Waals surface area (Å²) in [4.78, 5) is 10.9. The highest BCUT2D eigenvalue weighted by atomic mass is 16.5. The van der Waals surface area contributed by atoms with Crippen molar-refractivity contribution in [3.63, 3.8) is 0 Å². The van der Waals surface area contributed by atoms with E-state index in [9.17, 15) is 4.79 Å². The molecular weight excluding hydrogens is 140 g/mol. The summed E-state index contributed by atoms with van der Waals surface area (Å²) in [6, 6.07) is 0. The van der Waals surface area contributed by atoms with Crippen molar-refractivity contribution >= 4 is 5.97 Å². The van der Waals surface area contributed by atoms with Crippen LogP contribution in [0.3, 0.4) is 0 Å². The quantitative estimate of drug-likeness (QED) is 0.418. The fourth-order valence-corrected chi connectivity index (χ4v) is 0.788. The Kier molecular flexibility index (Phi) is 1.77. The van der Waals surface area contributed by atoms with Gasteiger partial charge < -0.3 is 4.74 Å². The predicted octanol–water partition coefficient (Wildman–Crippen LogP) is 1.73. The number of hydrogen-bond donors (Lipinski definition) is 0. The third-order valence-electron chi connectivity index (χ3n) is 1.38. The van der Waals surface area contributed by atoms with E-state index in [4.69, 9.17) is 0 Å². The molecule has 1 aliphatic rings. The number of ether oxygens (including phenoxy) is 1. The normalized spacial score (nSPS) is 20.7. The first-order valence-electron chi connectivity index (χ1n) is 3.10. The molecule has 0 spiro atoms. The lowest BCUT2D eigenvalue weighted by Crippen LogP contribution is -1.93. The number of carbonyl (C=O) groups is 1. The number of rotatable bonds is 1. The van der Waals surface area contributed by atoms with Gasteiger partial charge in [0.05, 0.1) is 5.57 Å². The topological polar surface area (TPSA) is 26.3 Å². The van der Waals surface area contributed by atoms with E-state index < -0.39 is 5.97 Å². The molecule has 0 amide bonds. The smallest absolute Gasteiger partial charge is 0.344 e. The molecule has 56 valence electrons. The summed E-state index contributed by atoms with van der Waals surface area (Å²) < 4.78 is 4.69. The van der Waals surface area contributed by atoms with Crippen LogP contribution in [0.1, 0.15) is 0 Å². The molecule has 0 saturated carbocycles. The molecule has 0 aromatic heterocycles. The third kappa shape index (κ3) is 1.15. The average Bonchev–Trinajstić information content (AvgIpc) is 2.17. The zero-order valence-corrected chi connectivity index (χ0v) is 6.09. The van der Waals surface area contributed by atoms with Crippen LogP contribution in [0.2, 0.25) is 0 Å². The number of hydrogen-bond acceptors (Lipinski definition) is 2. The molecule has 0 aliphatic carbocycles. The van der Waals surface area contributed by atoms with Crippen molar-refractivity contribution < 1.29 is 9.53 Å². The summed E-state index contributed by atoms with van der Waals surface area (Å²) >= 11 is 0. The van der Waals surface area contributed by atoms with Gasteiger partial charge in [0.25, 0.3) is 0 Å². The van der Waals surface area contributed by atoms with Crippen LogP contribution in [-0.2, 0) is 9.53 Å². The highest BCUT2D eigenvalue weighted by Gasteiger charge is 2.25. The maximum Gasteiger partial charge on any atom is 0.344 e. The molecule has 1 aliphatic heterocycles. The molecule has 2 heteroatoms. The Morgan fingerprint density at radius 3 is 2.36 bits per heavy atom. The standard InChI is InChI=1S/C9H8O2/c1-4-5-8-6(2)7(3)11-9(8)10/h4-5H,1-3H2/b8-5+. The summed E-state index contributed by atoms with van der Waals surface area (Å²) in [5.74, 6) is -0.0806. The second kappa shape index (κ2) is 2.58. The molecule has 1 fully saturated rings. The van der Waals surface area contributed by atoms with Gasteiger partial charge in [0, 0.05) is 5.57 Å². The number of carbonyl (C=O) groups excluding carboxylic acids is 1. The van der Waals surface area contributed by atoms with E-state index in [-0.39, 0.29) is 0 Å². The van der Waals surface area contributed by atoms with Gasteiger partial charge in [0.2, 0.25) is 0 Å². The zero-order valence-electron chi connectivity index (χ0n) is 6.09. The van der Waals surface area contributed by atoms with Crippen molar-refractivity contribution in [2.24, 2.45) is 0 Å². The second-order valence-electron chi connectivity index (χ2n) is 2.11. The van der Waals surface area contributed by atoms with Gasteiger partial charge >= 0.3 is 5.97 Å². The van der Waals surface area contributed by atoms with Crippen LogP contribution < -0.4 is 0 Å². The van der Waals surface area contributed by atoms with Gasteiger partial charge in [-0.15, -0.1) is 0 Å². The van der Waals surface area contributed by atoms with Gasteiger partial charge in [0.15, 0.2) is 0 Å². The minimum absolute atomic E-state index is 0.322. The lowest BCUT2D eigenvalue weighted by Gasteiger charge is -1.87. The van der Waals surface area contributed by atoms with Gasteiger partial charge in [-0.1, -0.05) is 25.8 Å². The van der Waals surface area contributed by atoms with Crippen LogP contribution >= 0.6 is 0 Å². The van der Waals surface area contributed by atoms with Crippen molar-refractivity contribution in [3.8, 4) is 0 Å². The monoisotopic (exact) mass is 148 g/mol. The lowest BCUT2D eigenvalue weighted by molar-refractivity contribution is -0.132. The van der Waals surface area contributed by atoms with Crippen LogP contribution in [0.5, 0.6) is 0 Å². The van der Waals surface area contributed by atoms with E-state index >= 15 is 0 Å². The Morgan fingerprint density at radius 2 is 2.00 bits per heavy atom. The van der Waals surface area contributed by atoms with Crippen LogP contribution in [0, 0.1) is 0 Å². The van der Waals surface area contributed by atoms with E-state index in [1.54, 1.807) is 6.08 Å². The summed E-state index contributed by atoms with van der Waals surface area (Å²) in [6.07, 6.45) is 3.07. The molecule has 11 heavy (non-hydrogen) atoms. The zero-order chi connectivity index (χ0) is 8.43. The van der Waals surface area contributed by atoms with Gasteiger partial charge in [-0.2, -0.15) is 0 Å². The van der Waals surface area contributed by atoms with E-state index in [0.717, 1.165) is 0 Å². The van der Waals surface area contributed by atoms with E-state index in [1.807, 2.05) is 0 Å². The number of allylic oxidation sites excluding steroid dienone is 3. The van der Waals surface area contributed by atoms with E-state index in [2.05, 4.69) is 24.5 Å². The van der Waals surface area contributed by atoms with Crippen LogP contribution in [-0.4, -0.2) is 5.97 Å². The third-order valence-corrected chi connectivity index (χ3v) is 1.38. The Morgan fingerprint density at radius 1 is 1.36 bits per heavy atom. The second-order valence-corrected chi connectivity index (χ2v) is 2.11. The summed E-state index contributed by atoms with van der Waals surface area (Å²) in [7, 11) is 0. The van der Waals surface area contributed by atoms with Gasteiger partial charge in [-0.05, 0) is 6.08 Å². The first-order valence-corrected chi connectivity index (χ1v) is 3.10. The maximum atomic E-state index is 10.9. The van der Waals surface area contributed by atoms with Crippen molar-refractivity contribution in [2.75, 3.05) is 0 Å². The summed E-state index contributed by atoms with van der Waals surface area (Å²) in [5.41, 5.74) is 0.972. The average molecular weight is 148 g/mol. The summed E-state index contributed by atoms with van der Waals surface area (Å²) in [6.45, 7) is 10.6. The maximum absolute atomic E-state index is 10.9. The summed E-state index contributed by atoms with van der Waals surface area (Å²) in [5, 5.41) is 0. The Bertz CT molecular complexity index is 282. The highest BCUT2D eigenvalue weighted by molar-refractivity contribution is 5.99. The van der Waals surface area contributed by atoms with Crippen molar-refractivity contribution in [1.82, 2.24) is 0 Å². The van der Waals surface area contributed by atoms with Crippen LogP contribution in [0.4, 0.5) is 0 Å². The van der Waals surface area contributed by atoms with Crippen LogP contribution in [0.25, 0.3) is 0 Å². The lowest BCUT2D eigenvalue weighted by atomic mass is 10.1. The first kappa shape index (κ1) is 7.54. The molecule has 0 aromatic carbocycles. The molecular formula is C9H8O2. The fraction of sp³-hybridized carbons (Fsp3) is 0. The van der Waals surface area contributed by atoms with E-state index in [0.29, 0.717) is 16.9 Å². The van der Waals surface area contributed by atoms with Crippen molar-refractivity contribution in [3.05, 3.63) is 48.8 Å². The molecule has 2 nitrogen and oxygen atoms in total. The molecule has 0 aromatic rings. The number of esters is 1. The molecule has 0 N–H and O–H groups in total. The minimum Gasteiger partial charge on any atom is -0.423 e. The largest absolute Gasteiger partial charge is 0.423 e. The van der Waals surface area contributed by atoms with Crippen molar-refractivity contribution in [2.45, 2.75) is 0 Å². The van der Waals surface area contributed by atoms with Crippen LogP contribution in [0.15, 0.2) is 48.8 Å². The predicted molar refractivity (Wildman–Crippen MR) is 42.7 cm³/mol. The van der Waals surface area contributed by atoms with Gasteiger partial charge in [0.1, 0.15) is 5.76 Å². The molecule has 0 atom stereocenters. The molecule has 1 heterocycles. The molecule has 1 saturated heterocycles. The molecule has 0 unspecified atom stereocenters. The Labute approximate surface area is 65.2 Å². The Hall–Kier alpha value is -1.57. The number of cyclic esters (lactones) is 1. The fourth-order valence-electron chi connectivity index (χ4n) is 0.788. The minimum atomic E-state index is -0.403. The van der Waals surface area contributed by atoms with E-state index in [1.165, 1.54) is 6.08 Å². The highest BCUT2D eigenvalue weighted by Crippen LogP contribution is 2.26. The van der Waals surface area contributed by atoms with Gasteiger partial charge in [-0.3, -0.25) is 0 Å². The molecule has 0 bridgehead atoms. The first-order chi connectivity index (χ1) is 5.16. The SMILES string of the molecule is C=C/C=C1\C(=C)C(=C)OC1=O. The van der Waals surface area contributed by atoms with Crippen molar-refractivity contribution in [1.29, 1.82) is 0 Å². The molecule has 1 rings (SSSR count). The molecule has 0 radical (unpaired) electrons. The van der Waals surface area contributed by atoms with Gasteiger partial charge in [-0.25, -0.2) is 4.79 Å².